The van der Waals surface area contributed by atoms with E-state index in [1.165, 1.54) is 11.1 Å². The lowest BCUT2D eigenvalue weighted by Crippen LogP contribution is -2.16. The monoisotopic (exact) mass is 409 g/mol. The lowest BCUT2D eigenvalue weighted by atomic mass is 10.1. The molecular formula is C25H28ClNO2. The molecule has 0 aliphatic heterocycles. The maximum atomic E-state index is 6.55. The van der Waals surface area contributed by atoms with Gasteiger partial charge in [-0.05, 0) is 61.2 Å². The van der Waals surface area contributed by atoms with Crippen molar-refractivity contribution in [2.45, 2.75) is 33.4 Å². The van der Waals surface area contributed by atoms with Gasteiger partial charge in [0.25, 0.3) is 0 Å². The zero-order valence-corrected chi connectivity index (χ0v) is 17.8. The number of aryl methyl sites for hydroxylation is 1. The van der Waals surface area contributed by atoms with Crippen LogP contribution in [0.4, 0.5) is 0 Å². The van der Waals surface area contributed by atoms with Gasteiger partial charge in [0.1, 0.15) is 6.61 Å². The quantitative estimate of drug-likeness (QED) is 0.419. The van der Waals surface area contributed by atoms with E-state index >= 15 is 0 Å². The summed E-state index contributed by atoms with van der Waals surface area (Å²) in [5.74, 6) is 1.29. The van der Waals surface area contributed by atoms with Gasteiger partial charge in [-0.15, -0.1) is 0 Å². The third-order valence-corrected chi connectivity index (χ3v) is 5.05. The first-order valence-corrected chi connectivity index (χ1v) is 10.4. The lowest BCUT2D eigenvalue weighted by molar-refractivity contribution is 0.269. The summed E-state index contributed by atoms with van der Waals surface area (Å²) in [5.41, 5.74) is 4.74. The molecule has 0 aliphatic rings. The predicted molar refractivity (Wildman–Crippen MR) is 120 cm³/mol. The average molecular weight is 410 g/mol. The fourth-order valence-corrected chi connectivity index (χ4v) is 3.45. The van der Waals surface area contributed by atoms with E-state index in [1.54, 1.807) is 0 Å². The molecule has 3 aromatic rings. The van der Waals surface area contributed by atoms with Crippen molar-refractivity contribution in [2.75, 3.05) is 13.2 Å². The number of nitrogens with one attached hydrogen (secondary N) is 1. The Bertz CT molecular complexity index is 912. The van der Waals surface area contributed by atoms with E-state index < -0.39 is 0 Å². The molecule has 0 amide bonds. The number of rotatable bonds is 10. The van der Waals surface area contributed by atoms with E-state index in [2.05, 4.69) is 48.6 Å². The van der Waals surface area contributed by atoms with Crippen LogP contribution in [0.15, 0.2) is 66.7 Å². The highest BCUT2D eigenvalue weighted by atomic mass is 35.5. The zero-order chi connectivity index (χ0) is 20.5. The first kappa shape index (κ1) is 21.2. The van der Waals surface area contributed by atoms with Gasteiger partial charge in [0.2, 0.25) is 0 Å². The number of ether oxygens (including phenoxy) is 2. The van der Waals surface area contributed by atoms with Crippen LogP contribution in [0.1, 0.15) is 29.2 Å². The van der Waals surface area contributed by atoms with Crippen molar-refractivity contribution in [3.05, 3.63) is 94.0 Å². The van der Waals surface area contributed by atoms with Gasteiger partial charge in [-0.1, -0.05) is 66.2 Å². The Morgan fingerprint density at radius 3 is 2.41 bits per heavy atom. The molecule has 152 valence electrons. The van der Waals surface area contributed by atoms with Gasteiger partial charge in [-0.3, -0.25) is 0 Å². The van der Waals surface area contributed by atoms with E-state index in [-0.39, 0.29) is 0 Å². The van der Waals surface area contributed by atoms with E-state index in [1.807, 2.05) is 37.3 Å². The van der Waals surface area contributed by atoms with Gasteiger partial charge < -0.3 is 14.8 Å². The highest BCUT2D eigenvalue weighted by Crippen LogP contribution is 2.37. The van der Waals surface area contributed by atoms with E-state index in [4.69, 9.17) is 21.1 Å². The van der Waals surface area contributed by atoms with E-state index in [0.717, 1.165) is 30.6 Å². The Kier molecular flexibility index (Phi) is 7.97. The van der Waals surface area contributed by atoms with Crippen LogP contribution < -0.4 is 14.8 Å². The summed E-state index contributed by atoms with van der Waals surface area (Å²) < 4.78 is 11.9. The van der Waals surface area contributed by atoms with Crippen molar-refractivity contribution in [1.82, 2.24) is 5.32 Å². The molecule has 0 aliphatic carbocycles. The fourth-order valence-electron chi connectivity index (χ4n) is 3.16. The first-order valence-electron chi connectivity index (χ1n) is 10.0. The van der Waals surface area contributed by atoms with Gasteiger partial charge >= 0.3 is 0 Å². The Hall–Kier alpha value is -2.49. The Labute approximate surface area is 178 Å². The molecule has 4 heteroatoms. The van der Waals surface area contributed by atoms with Crippen LogP contribution in [0.25, 0.3) is 0 Å². The second-order valence-electron chi connectivity index (χ2n) is 6.97. The van der Waals surface area contributed by atoms with Crippen molar-refractivity contribution in [1.29, 1.82) is 0 Å². The summed E-state index contributed by atoms with van der Waals surface area (Å²) in [6.45, 7) is 6.68. The minimum absolute atomic E-state index is 0.459. The minimum atomic E-state index is 0.459. The van der Waals surface area contributed by atoms with Crippen LogP contribution in [0.2, 0.25) is 5.02 Å². The van der Waals surface area contributed by atoms with Gasteiger partial charge in [-0.25, -0.2) is 0 Å². The molecule has 0 spiro atoms. The standard InChI is InChI=1S/C25H28ClNO2/c1-3-28-24-16-21(17-27-14-13-20-10-5-4-6-11-20)15-23(26)25(24)29-18-22-12-8-7-9-19(22)2/h4-12,15-16,27H,3,13-14,17-18H2,1-2H3. The predicted octanol–water partition coefficient (Wildman–Crippen LogP) is 5.96. The molecule has 3 aromatic carbocycles. The molecule has 3 nitrogen and oxygen atoms in total. The van der Waals surface area contributed by atoms with E-state index in [9.17, 15) is 0 Å². The van der Waals surface area contributed by atoms with Crippen molar-refractivity contribution in [3.63, 3.8) is 0 Å². The molecule has 0 aromatic heterocycles. The van der Waals surface area contributed by atoms with E-state index in [0.29, 0.717) is 29.7 Å². The second kappa shape index (κ2) is 10.9. The molecule has 0 heterocycles. The van der Waals surface area contributed by atoms with Crippen molar-refractivity contribution in [3.8, 4) is 11.5 Å². The topological polar surface area (TPSA) is 30.5 Å². The molecule has 0 saturated heterocycles. The number of hydrogen-bond donors (Lipinski definition) is 1. The Balaban J connectivity index is 1.63. The normalized spacial score (nSPS) is 10.7. The summed E-state index contributed by atoms with van der Waals surface area (Å²) in [4.78, 5) is 0. The molecule has 0 fully saturated rings. The maximum absolute atomic E-state index is 6.55. The van der Waals surface area contributed by atoms with Gasteiger partial charge in [0.05, 0.1) is 11.6 Å². The first-order chi connectivity index (χ1) is 14.2. The summed E-state index contributed by atoms with van der Waals surface area (Å²) in [6.07, 6.45) is 0.991. The number of hydrogen-bond acceptors (Lipinski definition) is 3. The smallest absolute Gasteiger partial charge is 0.180 e. The average Bonchev–Trinajstić information content (AvgIpc) is 2.73. The minimum Gasteiger partial charge on any atom is -0.490 e. The third-order valence-electron chi connectivity index (χ3n) is 4.76. The summed E-state index contributed by atoms with van der Waals surface area (Å²) in [7, 11) is 0. The Morgan fingerprint density at radius 1 is 0.897 bits per heavy atom. The zero-order valence-electron chi connectivity index (χ0n) is 17.1. The van der Waals surface area contributed by atoms with Crippen LogP contribution in [-0.2, 0) is 19.6 Å². The molecule has 0 unspecified atom stereocenters. The lowest BCUT2D eigenvalue weighted by Gasteiger charge is -2.16. The molecule has 0 saturated carbocycles. The highest BCUT2D eigenvalue weighted by molar-refractivity contribution is 6.32. The molecule has 0 radical (unpaired) electrons. The molecule has 3 rings (SSSR count). The van der Waals surface area contributed by atoms with Gasteiger partial charge in [0, 0.05) is 6.54 Å². The van der Waals surface area contributed by atoms with Crippen molar-refractivity contribution in [2.24, 2.45) is 0 Å². The molecular weight excluding hydrogens is 382 g/mol. The highest BCUT2D eigenvalue weighted by Gasteiger charge is 2.13. The number of benzene rings is 3. The van der Waals surface area contributed by atoms with Crippen molar-refractivity contribution >= 4 is 11.6 Å². The third kappa shape index (κ3) is 6.25. The molecule has 0 bridgehead atoms. The van der Waals surface area contributed by atoms with Gasteiger partial charge in [-0.2, -0.15) is 0 Å². The summed E-state index contributed by atoms with van der Waals surface area (Å²) in [6, 6.07) is 22.6. The fraction of sp³-hybridized carbons (Fsp3) is 0.280. The van der Waals surface area contributed by atoms with Crippen LogP contribution >= 0.6 is 11.6 Å². The van der Waals surface area contributed by atoms with Crippen LogP contribution in [0, 0.1) is 6.92 Å². The number of halogens is 1. The second-order valence-corrected chi connectivity index (χ2v) is 7.37. The van der Waals surface area contributed by atoms with Crippen LogP contribution in [0.3, 0.4) is 0 Å². The van der Waals surface area contributed by atoms with Crippen LogP contribution in [0.5, 0.6) is 11.5 Å². The van der Waals surface area contributed by atoms with Crippen LogP contribution in [-0.4, -0.2) is 13.2 Å². The Morgan fingerprint density at radius 2 is 1.66 bits per heavy atom. The maximum Gasteiger partial charge on any atom is 0.180 e. The molecule has 29 heavy (non-hydrogen) atoms. The summed E-state index contributed by atoms with van der Waals surface area (Å²) >= 11 is 6.55. The van der Waals surface area contributed by atoms with Gasteiger partial charge in [0.15, 0.2) is 11.5 Å². The molecule has 0 atom stereocenters. The summed E-state index contributed by atoms with van der Waals surface area (Å²) in [5, 5.41) is 4.05. The molecule has 1 N–H and O–H groups in total. The SMILES string of the molecule is CCOc1cc(CNCCc2ccccc2)cc(Cl)c1OCc1ccccc1C. The van der Waals surface area contributed by atoms with Crippen molar-refractivity contribution < 1.29 is 9.47 Å². The largest absolute Gasteiger partial charge is 0.490 e.